The summed E-state index contributed by atoms with van der Waals surface area (Å²) in [6, 6.07) is 12.8. The number of pyridine rings is 2. The van der Waals surface area contributed by atoms with Crippen molar-refractivity contribution in [2.75, 3.05) is 31.1 Å². The standard InChI is InChI=1S/C25H25BrFN5O/c1-16(18-4-6-19(27)7-5-18)30-10-12-31(13-11-30)24-20(14-28)25(33)32(15-17-2-3-17)21-8-9-22(26)29-23(21)24/h4-9,16-17H,2-3,10-13,15H2,1H3. The Morgan fingerprint density at radius 2 is 1.85 bits per heavy atom. The molecular weight excluding hydrogens is 485 g/mol. The van der Waals surface area contributed by atoms with E-state index in [1.165, 1.54) is 12.1 Å². The molecule has 1 atom stereocenters. The molecule has 0 bridgehead atoms. The van der Waals surface area contributed by atoms with E-state index in [0.29, 0.717) is 41.4 Å². The Balaban J connectivity index is 1.48. The zero-order valence-electron chi connectivity index (χ0n) is 18.5. The van der Waals surface area contributed by atoms with Crippen LogP contribution in [0.1, 0.15) is 36.9 Å². The molecule has 6 nitrogen and oxygen atoms in total. The van der Waals surface area contributed by atoms with E-state index in [1.54, 1.807) is 4.57 Å². The predicted molar refractivity (Wildman–Crippen MR) is 130 cm³/mol. The molecule has 3 aromatic rings. The number of anilines is 1. The number of nitriles is 1. The lowest BCUT2D eigenvalue weighted by molar-refractivity contribution is 0.198. The lowest BCUT2D eigenvalue weighted by Gasteiger charge is -2.39. The second-order valence-corrected chi connectivity index (χ2v) is 9.76. The fraction of sp³-hybridized carbons (Fsp3) is 0.400. The van der Waals surface area contributed by atoms with Crippen molar-refractivity contribution in [3.8, 4) is 6.07 Å². The first-order valence-electron chi connectivity index (χ1n) is 11.3. The van der Waals surface area contributed by atoms with E-state index < -0.39 is 0 Å². The van der Waals surface area contributed by atoms with Gasteiger partial charge in [0.15, 0.2) is 0 Å². The van der Waals surface area contributed by atoms with Gasteiger partial charge in [-0.25, -0.2) is 9.37 Å². The molecular formula is C25H25BrFN5O. The molecule has 0 radical (unpaired) electrons. The second kappa shape index (κ2) is 8.88. The molecule has 3 heterocycles. The fourth-order valence-corrected chi connectivity index (χ4v) is 5.03. The van der Waals surface area contributed by atoms with Crippen LogP contribution in [0.25, 0.3) is 11.0 Å². The van der Waals surface area contributed by atoms with Crippen LogP contribution in [0.15, 0.2) is 45.8 Å². The van der Waals surface area contributed by atoms with Gasteiger partial charge in [0, 0.05) is 38.8 Å². The molecule has 2 aromatic heterocycles. The molecule has 1 aliphatic carbocycles. The molecule has 1 unspecified atom stereocenters. The van der Waals surface area contributed by atoms with E-state index >= 15 is 0 Å². The molecule has 1 aliphatic heterocycles. The van der Waals surface area contributed by atoms with E-state index in [-0.39, 0.29) is 23.0 Å². The molecule has 2 fully saturated rings. The van der Waals surface area contributed by atoms with Crippen LogP contribution in [-0.2, 0) is 6.54 Å². The van der Waals surface area contributed by atoms with Gasteiger partial charge in [-0.1, -0.05) is 12.1 Å². The number of rotatable bonds is 5. The molecule has 0 N–H and O–H groups in total. The van der Waals surface area contributed by atoms with Crippen molar-refractivity contribution < 1.29 is 4.39 Å². The number of hydrogen-bond acceptors (Lipinski definition) is 5. The van der Waals surface area contributed by atoms with Crippen molar-refractivity contribution in [2.45, 2.75) is 32.4 Å². The highest BCUT2D eigenvalue weighted by Gasteiger charge is 2.29. The van der Waals surface area contributed by atoms with Gasteiger partial charge in [-0.15, -0.1) is 0 Å². The fourth-order valence-electron chi connectivity index (χ4n) is 4.72. The Morgan fingerprint density at radius 1 is 1.15 bits per heavy atom. The van der Waals surface area contributed by atoms with Crippen LogP contribution < -0.4 is 10.5 Å². The van der Waals surface area contributed by atoms with Crippen LogP contribution in [0.5, 0.6) is 0 Å². The van der Waals surface area contributed by atoms with Crippen molar-refractivity contribution in [1.29, 1.82) is 5.26 Å². The molecule has 8 heteroatoms. The number of fused-ring (bicyclic) bond motifs is 1. The highest BCUT2D eigenvalue weighted by atomic mass is 79.9. The number of aromatic nitrogens is 2. The molecule has 33 heavy (non-hydrogen) atoms. The Morgan fingerprint density at radius 3 is 2.48 bits per heavy atom. The highest BCUT2D eigenvalue weighted by molar-refractivity contribution is 9.10. The van der Waals surface area contributed by atoms with Gasteiger partial charge in [-0.3, -0.25) is 9.69 Å². The summed E-state index contributed by atoms with van der Waals surface area (Å²) in [7, 11) is 0. The Hall–Kier alpha value is -2.76. The molecule has 170 valence electrons. The lowest BCUT2D eigenvalue weighted by atomic mass is 10.1. The summed E-state index contributed by atoms with van der Waals surface area (Å²) in [6.45, 7) is 5.65. The van der Waals surface area contributed by atoms with Crippen molar-refractivity contribution in [2.24, 2.45) is 5.92 Å². The van der Waals surface area contributed by atoms with Crippen LogP contribution in [-0.4, -0.2) is 40.6 Å². The topological polar surface area (TPSA) is 65.2 Å². The van der Waals surface area contributed by atoms with Gasteiger partial charge in [-0.2, -0.15) is 5.26 Å². The number of piperazine rings is 1. The first-order valence-corrected chi connectivity index (χ1v) is 12.1. The summed E-state index contributed by atoms with van der Waals surface area (Å²) in [5.41, 5.74) is 3.14. The van der Waals surface area contributed by atoms with E-state index in [9.17, 15) is 14.4 Å². The van der Waals surface area contributed by atoms with Gasteiger partial charge in [0.25, 0.3) is 5.56 Å². The van der Waals surface area contributed by atoms with Crippen molar-refractivity contribution in [3.05, 3.63) is 68.3 Å². The number of hydrogen-bond donors (Lipinski definition) is 0. The van der Waals surface area contributed by atoms with Gasteiger partial charge in [0.05, 0.1) is 11.2 Å². The average Bonchev–Trinajstić information content (AvgIpc) is 3.65. The SMILES string of the molecule is CC(c1ccc(F)cc1)N1CCN(c2c(C#N)c(=O)n(CC3CC3)c3ccc(Br)nc23)CC1. The Kier molecular flexibility index (Phi) is 5.94. The quantitative estimate of drug-likeness (QED) is 0.475. The third-order valence-corrected chi connectivity index (χ3v) is 7.27. The third-order valence-electron chi connectivity index (χ3n) is 6.83. The van der Waals surface area contributed by atoms with Crippen molar-refractivity contribution >= 4 is 32.7 Å². The number of benzene rings is 1. The molecule has 5 rings (SSSR count). The highest BCUT2D eigenvalue weighted by Crippen LogP contribution is 2.34. The monoisotopic (exact) mass is 509 g/mol. The van der Waals surface area contributed by atoms with Gasteiger partial charge in [0.1, 0.15) is 27.6 Å². The largest absolute Gasteiger partial charge is 0.366 e. The van der Waals surface area contributed by atoms with E-state index in [4.69, 9.17) is 4.98 Å². The van der Waals surface area contributed by atoms with Crippen LogP contribution in [0.2, 0.25) is 0 Å². The molecule has 1 saturated carbocycles. The smallest absolute Gasteiger partial charge is 0.271 e. The average molecular weight is 510 g/mol. The van der Waals surface area contributed by atoms with Crippen LogP contribution >= 0.6 is 15.9 Å². The summed E-state index contributed by atoms with van der Waals surface area (Å²) >= 11 is 3.47. The Bertz CT molecular complexity index is 1290. The molecule has 1 aromatic carbocycles. The first kappa shape index (κ1) is 22.1. The molecule has 0 amide bonds. The maximum absolute atomic E-state index is 13.3. The second-order valence-electron chi connectivity index (χ2n) is 8.95. The zero-order valence-corrected chi connectivity index (χ0v) is 20.1. The van der Waals surface area contributed by atoms with Crippen molar-refractivity contribution in [3.63, 3.8) is 0 Å². The third kappa shape index (κ3) is 4.28. The van der Waals surface area contributed by atoms with E-state index in [2.05, 4.69) is 38.7 Å². The van der Waals surface area contributed by atoms with Crippen LogP contribution in [0.4, 0.5) is 10.1 Å². The summed E-state index contributed by atoms with van der Waals surface area (Å²) in [6.07, 6.45) is 2.24. The van der Waals surface area contributed by atoms with Gasteiger partial charge in [-0.05, 0) is 71.4 Å². The summed E-state index contributed by atoms with van der Waals surface area (Å²) in [4.78, 5) is 22.5. The van der Waals surface area contributed by atoms with Gasteiger partial charge >= 0.3 is 0 Å². The molecule has 0 spiro atoms. The van der Waals surface area contributed by atoms with Crippen LogP contribution in [0, 0.1) is 23.1 Å². The minimum atomic E-state index is -0.234. The summed E-state index contributed by atoms with van der Waals surface area (Å²) in [5.74, 6) is 0.269. The molecule has 2 aliphatic rings. The van der Waals surface area contributed by atoms with Gasteiger partial charge < -0.3 is 9.47 Å². The number of halogens is 2. The summed E-state index contributed by atoms with van der Waals surface area (Å²) in [5, 5.41) is 9.97. The predicted octanol–water partition coefficient (Wildman–Crippen LogP) is 4.46. The van der Waals surface area contributed by atoms with Crippen molar-refractivity contribution in [1.82, 2.24) is 14.5 Å². The minimum Gasteiger partial charge on any atom is -0.366 e. The Labute approximate surface area is 200 Å². The first-order chi connectivity index (χ1) is 16.0. The van der Waals surface area contributed by atoms with E-state index in [0.717, 1.165) is 37.0 Å². The maximum Gasteiger partial charge on any atom is 0.271 e. The van der Waals surface area contributed by atoms with Gasteiger partial charge in [0.2, 0.25) is 0 Å². The zero-order chi connectivity index (χ0) is 23.1. The summed E-state index contributed by atoms with van der Waals surface area (Å²) < 4.78 is 15.7. The van der Waals surface area contributed by atoms with Crippen LogP contribution in [0.3, 0.4) is 0 Å². The normalized spacial score (nSPS) is 17.8. The number of nitrogens with zero attached hydrogens (tertiary/aromatic N) is 5. The lowest BCUT2D eigenvalue weighted by Crippen LogP contribution is -2.48. The minimum absolute atomic E-state index is 0.152. The molecule has 1 saturated heterocycles. The maximum atomic E-state index is 13.3. The van der Waals surface area contributed by atoms with E-state index in [1.807, 2.05) is 24.3 Å².